The maximum atomic E-state index is 11.9. The number of fused-ring (bicyclic) bond motifs is 1. The van der Waals surface area contributed by atoms with Gasteiger partial charge in [-0.1, -0.05) is 6.92 Å². The maximum absolute atomic E-state index is 11.9. The molecule has 2 aliphatic rings. The average molecular weight is 232 g/mol. The molecule has 15 heavy (non-hydrogen) atoms. The Balaban J connectivity index is 1.92. The van der Waals surface area contributed by atoms with E-state index in [4.69, 9.17) is 16.3 Å². The van der Waals surface area contributed by atoms with Gasteiger partial charge in [0, 0.05) is 25.6 Å². The number of carbonyl (C=O) groups excluding carboxylic acids is 1. The van der Waals surface area contributed by atoms with Crippen molar-refractivity contribution in [2.75, 3.05) is 26.3 Å². The van der Waals surface area contributed by atoms with Crippen LogP contribution in [0.25, 0.3) is 0 Å². The topological polar surface area (TPSA) is 29.5 Å². The van der Waals surface area contributed by atoms with E-state index in [0.717, 1.165) is 32.7 Å². The van der Waals surface area contributed by atoms with Crippen molar-refractivity contribution in [2.24, 2.45) is 11.8 Å². The second kappa shape index (κ2) is 4.71. The van der Waals surface area contributed by atoms with Crippen molar-refractivity contribution in [1.29, 1.82) is 0 Å². The number of hydrogen-bond donors (Lipinski definition) is 0. The van der Waals surface area contributed by atoms with E-state index in [9.17, 15) is 4.79 Å². The Morgan fingerprint density at radius 3 is 3.00 bits per heavy atom. The first-order valence-corrected chi connectivity index (χ1v) is 6.16. The number of halogens is 1. The molecule has 2 heterocycles. The van der Waals surface area contributed by atoms with E-state index < -0.39 is 0 Å². The molecular weight excluding hydrogens is 214 g/mol. The Morgan fingerprint density at radius 1 is 1.53 bits per heavy atom. The van der Waals surface area contributed by atoms with Gasteiger partial charge in [-0.05, 0) is 18.8 Å². The van der Waals surface area contributed by atoms with Gasteiger partial charge in [-0.25, -0.2) is 0 Å². The minimum absolute atomic E-state index is 0.101. The van der Waals surface area contributed by atoms with Gasteiger partial charge in [-0.15, -0.1) is 11.6 Å². The third-order valence-electron chi connectivity index (χ3n) is 3.49. The molecule has 0 saturated carbocycles. The molecule has 0 unspecified atom stereocenters. The van der Waals surface area contributed by atoms with Crippen molar-refractivity contribution in [3.8, 4) is 0 Å². The minimum Gasteiger partial charge on any atom is -0.381 e. The Morgan fingerprint density at radius 2 is 2.27 bits per heavy atom. The summed E-state index contributed by atoms with van der Waals surface area (Å²) < 4.78 is 5.44. The van der Waals surface area contributed by atoms with Crippen LogP contribution in [0.4, 0.5) is 0 Å². The van der Waals surface area contributed by atoms with Gasteiger partial charge in [-0.2, -0.15) is 0 Å². The van der Waals surface area contributed by atoms with E-state index in [1.807, 2.05) is 11.8 Å². The van der Waals surface area contributed by atoms with Gasteiger partial charge in [-0.3, -0.25) is 4.79 Å². The third-order valence-corrected chi connectivity index (χ3v) is 3.99. The van der Waals surface area contributed by atoms with Gasteiger partial charge in [0.05, 0.1) is 6.61 Å². The van der Waals surface area contributed by atoms with E-state index in [2.05, 4.69) is 0 Å². The van der Waals surface area contributed by atoms with Gasteiger partial charge in [0.15, 0.2) is 0 Å². The number of piperidine rings is 1. The van der Waals surface area contributed by atoms with E-state index in [1.54, 1.807) is 0 Å². The van der Waals surface area contributed by atoms with Crippen LogP contribution in [0.1, 0.15) is 19.8 Å². The number of hydrogen-bond acceptors (Lipinski definition) is 2. The molecular formula is C11H18ClNO2. The van der Waals surface area contributed by atoms with Gasteiger partial charge in [0.1, 0.15) is 5.38 Å². The minimum atomic E-state index is -0.344. The molecule has 0 aliphatic carbocycles. The van der Waals surface area contributed by atoms with Crippen molar-refractivity contribution in [3.63, 3.8) is 0 Å². The fourth-order valence-corrected chi connectivity index (χ4v) is 2.57. The lowest BCUT2D eigenvalue weighted by Gasteiger charge is -2.34. The zero-order chi connectivity index (χ0) is 10.8. The van der Waals surface area contributed by atoms with Crippen LogP contribution < -0.4 is 0 Å². The average Bonchev–Trinajstić information content (AvgIpc) is 2.73. The van der Waals surface area contributed by atoms with Crippen LogP contribution in [-0.2, 0) is 9.53 Å². The highest BCUT2D eigenvalue weighted by Gasteiger charge is 2.36. The Hall–Kier alpha value is -0.280. The Kier molecular flexibility index (Phi) is 3.52. The zero-order valence-corrected chi connectivity index (χ0v) is 9.87. The van der Waals surface area contributed by atoms with Crippen molar-refractivity contribution < 1.29 is 9.53 Å². The van der Waals surface area contributed by atoms with Crippen LogP contribution in [0.2, 0.25) is 0 Å². The molecule has 0 aromatic rings. The highest BCUT2D eigenvalue weighted by atomic mass is 35.5. The van der Waals surface area contributed by atoms with Gasteiger partial charge >= 0.3 is 0 Å². The van der Waals surface area contributed by atoms with Crippen molar-refractivity contribution in [3.05, 3.63) is 0 Å². The van der Waals surface area contributed by atoms with E-state index in [-0.39, 0.29) is 11.3 Å². The molecule has 0 N–H and O–H groups in total. The summed E-state index contributed by atoms with van der Waals surface area (Å²) in [4.78, 5) is 13.8. The van der Waals surface area contributed by atoms with Crippen LogP contribution in [-0.4, -0.2) is 42.5 Å². The van der Waals surface area contributed by atoms with Crippen LogP contribution in [0.15, 0.2) is 0 Å². The predicted octanol–water partition coefficient (Wildman–Crippen LogP) is 1.50. The third kappa shape index (κ3) is 2.28. The van der Waals surface area contributed by atoms with Gasteiger partial charge in [0.25, 0.3) is 0 Å². The number of rotatable bonds is 2. The van der Waals surface area contributed by atoms with Crippen LogP contribution >= 0.6 is 11.6 Å². The standard InChI is InChI=1S/C11H18ClNO2/c1-2-10(12)11(14)13-4-3-8-6-15-7-9(8)5-13/h8-10H,2-7H2,1H3/t8-,9+,10-/m0/s1. The molecule has 4 heteroatoms. The first kappa shape index (κ1) is 11.2. The highest BCUT2D eigenvalue weighted by Crippen LogP contribution is 2.29. The second-order valence-electron chi connectivity index (χ2n) is 4.51. The Labute approximate surface area is 95.7 Å². The monoisotopic (exact) mass is 231 g/mol. The summed E-state index contributed by atoms with van der Waals surface area (Å²) in [5.74, 6) is 1.32. The molecule has 1 amide bonds. The summed E-state index contributed by atoms with van der Waals surface area (Å²) >= 11 is 5.97. The molecule has 2 rings (SSSR count). The van der Waals surface area contributed by atoms with Gasteiger partial charge < -0.3 is 9.64 Å². The molecule has 0 spiro atoms. The SMILES string of the molecule is CC[C@H](Cl)C(=O)N1CC[C@H]2COC[C@H]2C1. The normalized spacial score (nSPS) is 32.5. The molecule has 3 atom stereocenters. The summed E-state index contributed by atoms with van der Waals surface area (Å²) in [5.41, 5.74) is 0. The fraction of sp³-hybridized carbons (Fsp3) is 0.909. The van der Waals surface area contributed by atoms with Gasteiger partial charge in [0.2, 0.25) is 5.91 Å². The maximum Gasteiger partial charge on any atom is 0.240 e. The number of amides is 1. The largest absolute Gasteiger partial charge is 0.381 e. The number of likely N-dealkylation sites (tertiary alicyclic amines) is 1. The molecule has 2 saturated heterocycles. The van der Waals surface area contributed by atoms with E-state index >= 15 is 0 Å². The van der Waals surface area contributed by atoms with Crippen molar-refractivity contribution >= 4 is 17.5 Å². The number of carbonyl (C=O) groups is 1. The first-order valence-electron chi connectivity index (χ1n) is 5.73. The second-order valence-corrected chi connectivity index (χ2v) is 5.03. The molecule has 0 aromatic carbocycles. The predicted molar refractivity (Wildman–Crippen MR) is 58.9 cm³/mol. The highest BCUT2D eigenvalue weighted by molar-refractivity contribution is 6.30. The van der Waals surface area contributed by atoms with Crippen molar-refractivity contribution in [1.82, 2.24) is 4.90 Å². The lowest BCUT2D eigenvalue weighted by atomic mass is 9.88. The van der Waals surface area contributed by atoms with Crippen LogP contribution in [0.3, 0.4) is 0 Å². The summed E-state index contributed by atoms with van der Waals surface area (Å²) in [6.45, 7) is 5.33. The molecule has 0 bridgehead atoms. The van der Waals surface area contributed by atoms with E-state index in [1.165, 1.54) is 0 Å². The van der Waals surface area contributed by atoms with Crippen LogP contribution in [0.5, 0.6) is 0 Å². The summed E-state index contributed by atoms with van der Waals surface area (Å²) in [6.07, 6.45) is 1.78. The zero-order valence-electron chi connectivity index (χ0n) is 9.12. The number of nitrogens with zero attached hydrogens (tertiary/aromatic N) is 1. The molecule has 0 aromatic heterocycles. The summed E-state index contributed by atoms with van der Waals surface area (Å²) in [5, 5.41) is -0.344. The number of ether oxygens (including phenoxy) is 1. The van der Waals surface area contributed by atoms with E-state index in [0.29, 0.717) is 18.3 Å². The summed E-state index contributed by atoms with van der Waals surface area (Å²) in [7, 11) is 0. The molecule has 0 radical (unpaired) electrons. The molecule has 2 fully saturated rings. The molecule has 86 valence electrons. The quantitative estimate of drug-likeness (QED) is 0.675. The molecule has 2 aliphatic heterocycles. The first-order chi connectivity index (χ1) is 7.22. The lowest BCUT2D eigenvalue weighted by Crippen LogP contribution is -2.46. The smallest absolute Gasteiger partial charge is 0.240 e. The fourth-order valence-electron chi connectivity index (χ4n) is 2.43. The Bertz CT molecular complexity index is 247. The molecule has 3 nitrogen and oxygen atoms in total. The summed E-state index contributed by atoms with van der Waals surface area (Å²) in [6, 6.07) is 0. The lowest BCUT2D eigenvalue weighted by molar-refractivity contribution is -0.133. The number of alkyl halides is 1. The van der Waals surface area contributed by atoms with Crippen LogP contribution in [0, 0.1) is 11.8 Å². The van der Waals surface area contributed by atoms with Crippen molar-refractivity contribution in [2.45, 2.75) is 25.1 Å².